The number of nitrogens with zero attached hydrogens (tertiary/aromatic N) is 2. The van der Waals surface area contributed by atoms with Gasteiger partial charge in [0, 0.05) is 31.9 Å². The number of benzene rings is 1. The lowest BCUT2D eigenvalue weighted by Crippen LogP contribution is -2.12. The molecule has 0 aliphatic heterocycles. The Hall–Kier alpha value is -1.03. The first-order valence-electron chi connectivity index (χ1n) is 5.35. The molecule has 0 bridgehead atoms. The van der Waals surface area contributed by atoms with Gasteiger partial charge in [0.15, 0.2) is 0 Å². The van der Waals surface area contributed by atoms with Crippen LogP contribution in [0.4, 0.5) is 0 Å². The third-order valence-corrected chi connectivity index (χ3v) is 3.41. The molecule has 0 atom stereocenters. The number of rotatable bonds is 4. The standard InChI is InChI=1S/C12H13Cl2N3/c13-10-3-1-2-9(12(10)14)8-11-16-5-7-17(11)6-4-15/h1-3,5,7H,4,6,8,15H2. The van der Waals surface area contributed by atoms with Crippen LogP contribution in [0, 0.1) is 0 Å². The van der Waals surface area contributed by atoms with Crippen LogP contribution >= 0.6 is 23.2 Å². The van der Waals surface area contributed by atoms with Crippen molar-refractivity contribution < 1.29 is 0 Å². The maximum Gasteiger partial charge on any atom is 0.113 e. The molecule has 3 nitrogen and oxygen atoms in total. The third kappa shape index (κ3) is 2.80. The molecule has 0 unspecified atom stereocenters. The van der Waals surface area contributed by atoms with Crippen LogP contribution in [0.2, 0.25) is 10.0 Å². The number of imidazole rings is 1. The van der Waals surface area contributed by atoms with Crippen molar-refractivity contribution in [3.05, 3.63) is 52.0 Å². The fraction of sp³-hybridized carbons (Fsp3) is 0.250. The van der Waals surface area contributed by atoms with Gasteiger partial charge in [0.1, 0.15) is 5.82 Å². The van der Waals surface area contributed by atoms with Gasteiger partial charge in [0.05, 0.1) is 10.0 Å². The van der Waals surface area contributed by atoms with Crippen LogP contribution in [0.25, 0.3) is 0 Å². The lowest BCUT2D eigenvalue weighted by Gasteiger charge is -2.08. The maximum atomic E-state index is 6.15. The second-order valence-electron chi connectivity index (χ2n) is 3.72. The summed E-state index contributed by atoms with van der Waals surface area (Å²) in [6.45, 7) is 1.35. The van der Waals surface area contributed by atoms with Gasteiger partial charge in [-0.2, -0.15) is 0 Å². The number of hydrogen-bond donors (Lipinski definition) is 1. The van der Waals surface area contributed by atoms with E-state index in [0.29, 0.717) is 23.0 Å². The van der Waals surface area contributed by atoms with Gasteiger partial charge < -0.3 is 10.3 Å². The van der Waals surface area contributed by atoms with E-state index in [9.17, 15) is 0 Å². The van der Waals surface area contributed by atoms with Crippen LogP contribution in [-0.4, -0.2) is 16.1 Å². The fourth-order valence-corrected chi connectivity index (χ4v) is 2.09. The lowest BCUT2D eigenvalue weighted by molar-refractivity contribution is 0.671. The van der Waals surface area contributed by atoms with E-state index in [-0.39, 0.29) is 0 Å². The van der Waals surface area contributed by atoms with Crippen molar-refractivity contribution in [1.82, 2.24) is 9.55 Å². The zero-order chi connectivity index (χ0) is 12.3. The third-order valence-electron chi connectivity index (χ3n) is 2.55. The molecule has 0 fully saturated rings. The highest BCUT2D eigenvalue weighted by Crippen LogP contribution is 2.26. The number of halogens is 2. The van der Waals surface area contributed by atoms with E-state index in [4.69, 9.17) is 28.9 Å². The van der Waals surface area contributed by atoms with Crippen molar-refractivity contribution in [3.8, 4) is 0 Å². The van der Waals surface area contributed by atoms with E-state index in [2.05, 4.69) is 4.98 Å². The van der Waals surface area contributed by atoms with Gasteiger partial charge in [-0.15, -0.1) is 0 Å². The van der Waals surface area contributed by atoms with E-state index in [1.807, 2.05) is 22.9 Å². The second kappa shape index (κ2) is 5.54. The van der Waals surface area contributed by atoms with Crippen molar-refractivity contribution in [2.24, 2.45) is 5.73 Å². The minimum Gasteiger partial charge on any atom is -0.333 e. The lowest BCUT2D eigenvalue weighted by atomic mass is 10.1. The van der Waals surface area contributed by atoms with Crippen LogP contribution < -0.4 is 5.73 Å². The van der Waals surface area contributed by atoms with E-state index < -0.39 is 0 Å². The Labute approximate surface area is 110 Å². The zero-order valence-corrected chi connectivity index (χ0v) is 10.7. The van der Waals surface area contributed by atoms with Gasteiger partial charge in [-0.1, -0.05) is 35.3 Å². The van der Waals surface area contributed by atoms with Gasteiger partial charge >= 0.3 is 0 Å². The van der Waals surface area contributed by atoms with Crippen molar-refractivity contribution >= 4 is 23.2 Å². The fourth-order valence-electron chi connectivity index (χ4n) is 1.71. The highest BCUT2D eigenvalue weighted by atomic mass is 35.5. The minimum absolute atomic E-state index is 0.570. The van der Waals surface area contributed by atoms with Gasteiger partial charge in [0.2, 0.25) is 0 Å². The summed E-state index contributed by atoms with van der Waals surface area (Å²) >= 11 is 12.1. The average molecular weight is 270 g/mol. The van der Waals surface area contributed by atoms with Gasteiger partial charge in [0.25, 0.3) is 0 Å². The summed E-state index contributed by atoms with van der Waals surface area (Å²) in [4.78, 5) is 4.31. The molecule has 5 heteroatoms. The Kier molecular flexibility index (Phi) is 4.05. The predicted octanol–water partition coefficient (Wildman–Crippen LogP) is 2.74. The zero-order valence-electron chi connectivity index (χ0n) is 9.24. The van der Waals surface area contributed by atoms with E-state index in [1.165, 1.54) is 0 Å². The molecule has 0 spiro atoms. The molecular formula is C12H13Cl2N3. The summed E-state index contributed by atoms with van der Waals surface area (Å²) in [5.41, 5.74) is 6.52. The first kappa shape index (κ1) is 12.4. The van der Waals surface area contributed by atoms with Crippen LogP contribution in [-0.2, 0) is 13.0 Å². The summed E-state index contributed by atoms with van der Waals surface area (Å²) < 4.78 is 2.03. The summed E-state index contributed by atoms with van der Waals surface area (Å²) in [7, 11) is 0. The average Bonchev–Trinajstić information content (AvgIpc) is 2.73. The largest absolute Gasteiger partial charge is 0.333 e. The first-order chi connectivity index (χ1) is 8.22. The van der Waals surface area contributed by atoms with Crippen LogP contribution in [0.15, 0.2) is 30.6 Å². The Morgan fingerprint density at radius 1 is 1.29 bits per heavy atom. The van der Waals surface area contributed by atoms with Crippen molar-refractivity contribution in [2.75, 3.05) is 6.54 Å². The van der Waals surface area contributed by atoms with E-state index >= 15 is 0 Å². The van der Waals surface area contributed by atoms with Gasteiger partial charge in [-0.05, 0) is 11.6 Å². The molecule has 0 radical (unpaired) electrons. The topological polar surface area (TPSA) is 43.8 Å². The molecule has 0 saturated heterocycles. The number of aromatic nitrogens is 2. The number of hydrogen-bond acceptors (Lipinski definition) is 2. The van der Waals surface area contributed by atoms with Gasteiger partial charge in [-0.25, -0.2) is 4.98 Å². The monoisotopic (exact) mass is 269 g/mol. The Morgan fingerprint density at radius 2 is 2.12 bits per heavy atom. The van der Waals surface area contributed by atoms with Crippen LogP contribution in [0.1, 0.15) is 11.4 Å². The molecule has 1 aromatic carbocycles. The van der Waals surface area contributed by atoms with Crippen molar-refractivity contribution in [1.29, 1.82) is 0 Å². The van der Waals surface area contributed by atoms with Crippen LogP contribution in [0.3, 0.4) is 0 Å². The molecule has 0 amide bonds. The summed E-state index contributed by atoms with van der Waals surface area (Å²) in [6.07, 6.45) is 4.34. The molecule has 0 aliphatic rings. The summed E-state index contributed by atoms with van der Waals surface area (Å²) in [5.74, 6) is 0.944. The second-order valence-corrected chi connectivity index (χ2v) is 4.50. The Balaban J connectivity index is 2.25. The molecule has 0 aliphatic carbocycles. The van der Waals surface area contributed by atoms with E-state index in [0.717, 1.165) is 17.9 Å². The highest BCUT2D eigenvalue weighted by Gasteiger charge is 2.08. The minimum atomic E-state index is 0.570. The van der Waals surface area contributed by atoms with Gasteiger partial charge in [-0.3, -0.25) is 0 Å². The molecular weight excluding hydrogens is 257 g/mol. The maximum absolute atomic E-state index is 6.15. The molecule has 1 aromatic heterocycles. The quantitative estimate of drug-likeness (QED) is 0.928. The van der Waals surface area contributed by atoms with Crippen LogP contribution in [0.5, 0.6) is 0 Å². The predicted molar refractivity (Wildman–Crippen MR) is 70.5 cm³/mol. The summed E-state index contributed by atoms with van der Waals surface area (Å²) in [5, 5.41) is 1.16. The van der Waals surface area contributed by atoms with E-state index in [1.54, 1.807) is 12.3 Å². The molecule has 2 aromatic rings. The molecule has 0 saturated carbocycles. The van der Waals surface area contributed by atoms with Crippen molar-refractivity contribution in [3.63, 3.8) is 0 Å². The smallest absolute Gasteiger partial charge is 0.113 e. The molecule has 2 rings (SSSR count). The number of nitrogens with two attached hydrogens (primary N) is 1. The molecule has 90 valence electrons. The molecule has 1 heterocycles. The normalized spacial score (nSPS) is 10.8. The Bertz CT molecular complexity index is 508. The summed E-state index contributed by atoms with van der Waals surface area (Å²) in [6, 6.07) is 5.62. The van der Waals surface area contributed by atoms with Crippen molar-refractivity contribution in [2.45, 2.75) is 13.0 Å². The molecule has 17 heavy (non-hydrogen) atoms. The SMILES string of the molecule is NCCn1ccnc1Cc1cccc(Cl)c1Cl. The first-order valence-corrected chi connectivity index (χ1v) is 6.11. The highest BCUT2D eigenvalue weighted by molar-refractivity contribution is 6.42. The Morgan fingerprint density at radius 3 is 2.88 bits per heavy atom. The molecule has 2 N–H and O–H groups in total.